The molecule has 0 aromatic heterocycles. The Kier molecular flexibility index (Phi) is 8.54. The van der Waals surface area contributed by atoms with Crippen molar-refractivity contribution in [3.8, 4) is 0 Å². The minimum Gasteiger partial charge on any atom is -0.465 e. The van der Waals surface area contributed by atoms with Crippen LogP contribution < -0.4 is 0 Å². The van der Waals surface area contributed by atoms with E-state index in [0.717, 1.165) is 13.0 Å². The fourth-order valence-electron chi connectivity index (χ4n) is 3.20. The number of β-amino-alcohol motifs (C(OH)–C–C–N with tert-alkyl or cyclic N) is 1. The van der Waals surface area contributed by atoms with Crippen LogP contribution in [-0.4, -0.2) is 58.7 Å². The van der Waals surface area contributed by atoms with Crippen LogP contribution in [0.25, 0.3) is 0 Å². The molecule has 27 heavy (non-hydrogen) atoms. The van der Waals surface area contributed by atoms with Gasteiger partial charge in [0.05, 0.1) is 24.6 Å². The second-order valence-electron chi connectivity index (χ2n) is 6.82. The Morgan fingerprint density at radius 2 is 2.15 bits per heavy atom. The number of aliphatic hydroxyl groups is 3. The Morgan fingerprint density at radius 3 is 2.85 bits per heavy atom. The first-order valence-corrected chi connectivity index (χ1v) is 9.42. The first-order chi connectivity index (χ1) is 12.9. The van der Waals surface area contributed by atoms with E-state index < -0.39 is 18.3 Å². The van der Waals surface area contributed by atoms with Gasteiger partial charge in [0, 0.05) is 17.5 Å². The summed E-state index contributed by atoms with van der Waals surface area (Å²) in [7, 11) is 1.96. The lowest BCUT2D eigenvalue weighted by Crippen LogP contribution is -2.43. The van der Waals surface area contributed by atoms with Gasteiger partial charge in [-0.3, -0.25) is 0 Å². The molecule has 0 aliphatic carbocycles. The second kappa shape index (κ2) is 10.6. The Hall–Kier alpha value is -1.63. The lowest BCUT2D eigenvalue weighted by molar-refractivity contribution is 0.0346. The molecule has 0 aromatic carbocycles. The second-order valence-corrected chi connectivity index (χ2v) is 7.26. The highest BCUT2D eigenvalue weighted by Gasteiger charge is 2.32. The van der Waals surface area contributed by atoms with E-state index in [4.69, 9.17) is 16.3 Å². The normalized spacial score (nSPS) is 36.3. The van der Waals surface area contributed by atoms with Crippen LogP contribution in [0.1, 0.15) is 12.8 Å². The van der Waals surface area contributed by atoms with E-state index in [9.17, 15) is 15.3 Å². The highest BCUT2D eigenvalue weighted by atomic mass is 35.5. The van der Waals surface area contributed by atoms with E-state index in [0.29, 0.717) is 29.3 Å². The van der Waals surface area contributed by atoms with Gasteiger partial charge in [0.1, 0.15) is 5.76 Å². The molecule has 6 heteroatoms. The molecule has 2 unspecified atom stereocenters. The van der Waals surface area contributed by atoms with E-state index in [-0.39, 0.29) is 5.92 Å². The molecule has 5 nitrogen and oxygen atoms in total. The zero-order valence-electron chi connectivity index (χ0n) is 15.5. The van der Waals surface area contributed by atoms with Crippen LogP contribution in [0.4, 0.5) is 0 Å². The minimum atomic E-state index is -0.861. The molecule has 0 saturated carbocycles. The maximum atomic E-state index is 10.6. The minimum absolute atomic E-state index is 0.185. The number of halogens is 1. The van der Waals surface area contributed by atoms with Crippen molar-refractivity contribution >= 4 is 11.6 Å². The van der Waals surface area contributed by atoms with Gasteiger partial charge < -0.3 is 25.0 Å². The molecule has 0 radical (unpaired) electrons. The number of likely N-dealkylation sites (N-methyl/N-ethyl adjacent to an activating group) is 1. The Labute approximate surface area is 165 Å². The summed E-state index contributed by atoms with van der Waals surface area (Å²) < 4.78 is 5.75. The molecular formula is C21H28ClNO4. The largest absolute Gasteiger partial charge is 0.465 e. The number of allylic oxidation sites excluding steroid dienone is 5. The smallest absolute Gasteiger partial charge is 0.126 e. The SMILES string of the molecule is C=C\C=C/C(Cl)=C/C1=C/C(O)/C=C/CC(O)/C([C@H]2CCN(C)C[C@H]2O)=C/O1. The topological polar surface area (TPSA) is 73.2 Å². The van der Waals surface area contributed by atoms with Crippen LogP contribution in [0.15, 0.2) is 71.7 Å². The molecule has 2 heterocycles. The number of hydrogen-bond acceptors (Lipinski definition) is 5. The molecule has 3 N–H and O–H groups in total. The quantitative estimate of drug-likeness (QED) is 0.506. The molecular weight excluding hydrogens is 366 g/mol. The van der Waals surface area contributed by atoms with Crippen molar-refractivity contribution in [3.05, 3.63) is 71.7 Å². The molecule has 2 aliphatic rings. The molecule has 1 saturated heterocycles. The van der Waals surface area contributed by atoms with E-state index in [1.807, 2.05) is 7.05 Å². The third-order valence-corrected chi connectivity index (χ3v) is 4.86. The molecule has 0 bridgehead atoms. The van der Waals surface area contributed by atoms with Gasteiger partial charge in [-0.25, -0.2) is 0 Å². The van der Waals surface area contributed by atoms with Gasteiger partial charge in [0.2, 0.25) is 0 Å². The zero-order chi connectivity index (χ0) is 19.8. The van der Waals surface area contributed by atoms with Crippen LogP contribution in [0, 0.1) is 5.92 Å². The molecule has 0 aromatic rings. The first kappa shape index (κ1) is 21.7. The molecule has 2 aliphatic heterocycles. The number of rotatable bonds is 4. The maximum absolute atomic E-state index is 10.6. The van der Waals surface area contributed by atoms with Crippen molar-refractivity contribution in [2.45, 2.75) is 31.2 Å². The third kappa shape index (κ3) is 6.79. The van der Waals surface area contributed by atoms with Crippen molar-refractivity contribution in [3.63, 3.8) is 0 Å². The summed E-state index contributed by atoms with van der Waals surface area (Å²) in [5.41, 5.74) is 0.647. The highest BCUT2D eigenvalue weighted by molar-refractivity contribution is 6.31. The number of aliphatic hydroxyl groups excluding tert-OH is 3. The van der Waals surface area contributed by atoms with E-state index >= 15 is 0 Å². The van der Waals surface area contributed by atoms with Gasteiger partial charge in [0.25, 0.3) is 0 Å². The fraction of sp³-hybridized carbons (Fsp3) is 0.429. The highest BCUT2D eigenvalue weighted by Crippen LogP contribution is 2.29. The average Bonchev–Trinajstić information content (AvgIpc) is 2.61. The van der Waals surface area contributed by atoms with Crippen LogP contribution in [0.5, 0.6) is 0 Å². The lowest BCUT2D eigenvalue weighted by atomic mass is 9.84. The summed E-state index contributed by atoms with van der Waals surface area (Å²) >= 11 is 6.15. The van der Waals surface area contributed by atoms with Gasteiger partial charge in [-0.15, -0.1) is 0 Å². The van der Waals surface area contributed by atoms with Gasteiger partial charge in [-0.2, -0.15) is 0 Å². The molecule has 0 amide bonds. The summed E-state index contributed by atoms with van der Waals surface area (Å²) in [5, 5.41) is 31.6. The summed E-state index contributed by atoms with van der Waals surface area (Å²) in [6.45, 7) is 4.97. The lowest BCUT2D eigenvalue weighted by Gasteiger charge is -2.36. The fourth-order valence-corrected chi connectivity index (χ4v) is 3.38. The van der Waals surface area contributed by atoms with Crippen molar-refractivity contribution in [2.75, 3.05) is 20.1 Å². The molecule has 148 valence electrons. The van der Waals surface area contributed by atoms with Crippen molar-refractivity contribution in [2.24, 2.45) is 5.92 Å². The number of piperidine rings is 1. The Bertz CT molecular complexity index is 665. The monoisotopic (exact) mass is 393 g/mol. The molecule has 0 spiro atoms. The van der Waals surface area contributed by atoms with Crippen LogP contribution in [0.2, 0.25) is 0 Å². The van der Waals surface area contributed by atoms with Gasteiger partial charge in [0.15, 0.2) is 0 Å². The van der Waals surface area contributed by atoms with Crippen molar-refractivity contribution in [1.29, 1.82) is 0 Å². The number of hydrogen-bond donors (Lipinski definition) is 3. The maximum Gasteiger partial charge on any atom is 0.126 e. The van der Waals surface area contributed by atoms with Gasteiger partial charge in [-0.1, -0.05) is 42.5 Å². The van der Waals surface area contributed by atoms with Crippen LogP contribution in [0.3, 0.4) is 0 Å². The first-order valence-electron chi connectivity index (χ1n) is 9.05. The number of ether oxygens (including phenoxy) is 1. The van der Waals surface area contributed by atoms with E-state index in [2.05, 4.69) is 11.5 Å². The van der Waals surface area contributed by atoms with E-state index in [1.165, 1.54) is 12.3 Å². The predicted molar refractivity (Wildman–Crippen MR) is 108 cm³/mol. The number of likely N-dealkylation sites (tertiary alicyclic amines) is 1. The van der Waals surface area contributed by atoms with Gasteiger partial charge >= 0.3 is 0 Å². The number of nitrogens with zero attached hydrogens (tertiary/aromatic N) is 1. The predicted octanol–water partition coefficient (Wildman–Crippen LogP) is 2.63. The molecule has 1 fully saturated rings. The standard InChI is InChI=1S/C21H28ClNO4/c1-3-4-6-15(22)11-17-12-16(24)7-5-8-20(25)19(14-27-17)18-9-10-23(2)13-21(18)26/h3-7,11-12,14,16,18,20-21,24-26H,1,8-10,13H2,2H3/b6-4-,7-5+,15-11-,17-12-,19-14+/t16?,18-,20?,21-/m1/s1. The van der Waals surface area contributed by atoms with Gasteiger partial charge in [-0.05, 0) is 50.2 Å². The van der Waals surface area contributed by atoms with Crippen LogP contribution >= 0.6 is 11.6 Å². The molecule has 4 atom stereocenters. The average molecular weight is 394 g/mol. The van der Waals surface area contributed by atoms with Crippen molar-refractivity contribution in [1.82, 2.24) is 4.90 Å². The summed E-state index contributed by atoms with van der Waals surface area (Å²) in [5.74, 6) is 0.162. The Balaban J connectivity index is 2.31. The van der Waals surface area contributed by atoms with Crippen LogP contribution in [-0.2, 0) is 4.74 Å². The summed E-state index contributed by atoms with van der Waals surface area (Å²) in [4.78, 5) is 2.06. The summed E-state index contributed by atoms with van der Waals surface area (Å²) in [6, 6.07) is 0. The van der Waals surface area contributed by atoms with E-state index in [1.54, 1.807) is 36.5 Å². The third-order valence-electron chi connectivity index (χ3n) is 4.63. The Morgan fingerprint density at radius 1 is 1.37 bits per heavy atom. The zero-order valence-corrected chi connectivity index (χ0v) is 16.3. The summed E-state index contributed by atoms with van der Waals surface area (Å²) in [6.07, 6.45) is 11.7. The van der Waals surface area contributed by atoms with Crippen molar-refractivity contribution < 1.29 is 20.1 Å². The molecule has 2 rings (SSSR count).